The number of anilines is 1. The van der Waals surface area contributed by atoms with Crippen molar-refractivity contribution in [3.8, 4) is 17.1 Å². The molecule has 4 rings (SSSR count). The molecule has 10 nitrogen and oxygen atoms in total. The van der Waals surface area contributed by atoms with Crippen LogP contribution in [0.2, 0.25) is 5.02 Å². The number of aryl methyl sites for hydroxylation is 1. The van der Waals surface area contributed by atoms with E-state index in [0.717, 1.165) is 23.4 Å². The van der Waals surface area contributed by atoms with Crippen LogP contribution in [0.5, 0.6) is 5.88 Å². The van der Waals surface area contributed by atoms with Gasteiger partial charge in [0.15, 0.2) is 0 Å². The van der Waals surface area contributed by atoms with Gasteiger partial charge in [-0.15, -0.1) is 0 Å². The van der Waals surface area contributed by atoms with Gasteiger partial charge in [-0.2, -0.15) is 10.2 Å². The Hall–Kier alpha value is -2.98. The third-order valence-electron chi connectivity index (χ3n) is 5.37. The van der Waals surface area contributed by atoms with Gasteiger partial charge in [0.25, 0.3) is 5.56 Å². The molecule has 0 aliphatic carbocycles. The van der Waals surface area contributed by atoms with E-state index in [1.165, 1.54) is 6.33 Å². The van der Waals surface area contributed by atoms with Crippen molar-refractivity contribution in [2.24, 2.45) is 0 Å². The van der Waals surface area contributed by atoms with Crippen LogP contribution in [-0.2, 0) is 6.54 Å². The number of halogens is 1. The van der Waals surface area contributed by atoms with E-state index < -0.39 is 11.2 Å². The summed E-state index contributed by atoms with van der Waals surface area (Å²) >= 11 is 6.13. The van der Waals surface area contributed by atoms with E-state index in [1.807, 2.05) is 18.7 Å². The Morgan fingerprint density at radius 2 is 2.12 bits per heavy atom. The highest BCUT2D eigenvalue weighted by atomic mass is 35.5. The molecule has 1 atom stereocenters. The van der Waals surface area contributed by atoms with Crippen molar-refractivity contribution in [2.75, 3.05) is 18.0 Å². The molecule has 4 heterocycles. The molecule has 0 aromatic carbocycles. The quantitative estimate of drug-likeness (QED) is 0.574. The van der Waals surface area contributed by atoms with E-state index in [4.69, 9.17) is 16.3 Å². The summed E-state index contributed by atoms with van der Waals surface area (Å²) in [4.78, 5) is 22.4. The minimum atomic E-state index is -0.878. The average molecular weight is 460 g/mol. The minimum Gasteiger partial charge on any atom is -0.472 e. The van der Waals surface area contributed by atoms with Crippen LogP contribution in [0, 0.1) is 13.8 Å². The lowest BCUT2D eigenvalue weighted by molar-refractivity contribution is 0.0570. The monoisotopic (exact) mass is 459 g/mol. The summed E-state index contributed by atoms with van der Waals surface area (Å²) in [5.74, 6) is 0.464. The van der Waals surface area contributed by atoms with Gasteiger partial charge in [0.05, 0.1) is 42.0 Å². The molecule has 1 aliphatic heterocycles. The van der Waals surface area contributed by atoms with E-state index in [1.54, 1.807) is 30.8 Å². The van der Waals surface area contributed by atoms with Gasteiger partial charge in [0.2, 0.25) is 5.88 Å². The molecule has 0 radical (unpaired) electrons. The van der Waals surface area contributed by atoms with Crippen LogP contribution in [0.25, 0.3) is 11.3 Å². The van der Waals surface area contributed by atoms with Crippen molar-refractivity contribution in [3.63, 3.8) is 0 Å². The molecular formula is C21H26ClN7O3. The van der Waals surface area contributed by atoms with Gasteiger partial charge in [-0.05, 0) is 27.7 Å². The first-order valence-corrected chi connectivity index (χ1v) is 10.7. The van der Waals surface area contributed by atoms with Crippen LogP contribution in [-0.4, -0.2) is 59.8 Å². The largest absolute Gasteiger partial charge is 0.472 e. The summed E-state index contributed by atoms with van der Waals surface area (Å²) in [6.07, 6.45) is 3.66. The third-order valence-corrected chi connectivity index (χ3v) is 5.73. The minimum absolute atomic E-state index is 0.117. The van der Waals surface area contributed by atoms with Crippen LogP contribution in [0.3, 0.4) is 0 Å². The normalized spacial score (nSPS) is 16.6. The fourth-order valence-corrected chi connectivity index (χ4v) is 4.15. The highest BCUT2D eigenvalue weighted by Gasteiger charge is 2.27. The van der Waals surface area contributed by atoms with E-state index >= 15 is 0 Å². The Kier molecular flexibility index (Phi) is 5.91. The molecule has 1 aliphatic rings. The second-order valence-corrected chi connectivity index (χ2v) is 9.01. The summed E-state index contributed by atoms with van der Waals surface area (Å²) in [5.41, 5.74) is 2.65. The molecule has 32 heavy (non-hydrogen) atoms. The number of aromatic nitrogens is 6. The van der Waals surface area contributed by atoms with Crippen LogP contribution in [0.4, 0.5) is 5.69 Å². The van der Waals surface area contributed by atoms with Crippen molar-refractivity contribution in [2.45, 2.75) is 52.4 Å². The van der Waals surface area contributed by atoms with Crippen molar-refractivity contribution >= 4 is 17.3 Å². The SMILES string of the molecule is Cc1nn(CC(C)(C)O)c(C)c1-c1cc(O[C@@H]2CCN(c3cn[nH]c(=O)c3Cl)C2)ncn1. The maximum atomic E-state index is 11.7. The van der Waals surface area contributed by atoms with Gasteiger partial charge < -0.3 is 14.7 Å². The average Bonchev–Trinajstić information content (AvgIpc) is 3.27. The number of hydrogen-bond acceptors (Lipinski definition) is 8. The first-order valence-electron chi connectivity index (χ1n) is 10.4. The number of aromatic amines is 1. The van der Waals surface area contributed by atoms with Crippen molar-refractivity contribution in [1.29, 1.82) is 0 Å². The molecule has 0 spiro atoms. The standard InChI is InChI=1S/C21H26ClN7O3/c1-12-18(13(2)29(27-12)10-21(3,4)31)15-7-17(24-11-23-15)32-14-5-6-28(9-14)16-8-25-26-20(30)19(16)22/h7-8,11,14,31H,5-6,9-10H2,1-4H3,(H,26,30)/t14-/m1/s1. The second-order valence-electron chi connectivity index (χ2n) is 8.63. The van der Waals surface area contributed by atoms with E-state index in [9.17, 15) is 9.90 Å². The predicted molar refractivity (Wildman–Crippen MR) is 120 cm³/mol. The molecule has 1 fully saturated rings. The maximum absolute atomic E-state index is 11.7. The molecule has 0 unspecified atom stereocenters. The first kappa shape index (κ1) is 22.2. The van der Waals surface area contributed by atoms with Crippen LogP contribution >= 0.6 is 11.6 Å². The van der Waals surface area contributed by atoms with Crippen molar-refractivity contribution < 1.29 is 9.84 Å². The first-order chi connectivity index (χ1) is 15.1. The molecular weight excluding hydrogens is 434 g/mol. The molecule has 2 N–H and O–H groups in total. The van der Waals surface area contributed by atoms with Crippen molar-refractivity contribution in [3.05, 3.63) is 45.4 Å². The van der Waals surface area contributed by atoms with E-state index in [-0.39, 0.29) is 11.1 Å². The fourth-order valence-electron chi connectivity index (χ4n) is 3.94. The number of aliphatic hydroxyl groups is 1. The molecule has 0 saturated carbocycles. The predicted octanol–water partition coefficient (Wildman–Crippen LogP) is 2.12. The number of ether oxygens (including phenoxy) is 1. The Morgan fingerprint density at radius 3 is 2.88 bits per heavy atom. The fraction of sp³-hybridized carbons (Fsp3) is 0.476. The van der Waals surface area contributed by atoms with Gasteiger partial charge in [-0.25, -0.2) is 15.1 Å². The lowest BCUT2D eigenvalue weighted by Gasteiger charge is -2.19. The van der Waals surface area contributed by atoms with E-state index in [0.29, 0.717) is 36.9 Å². The molecule has 3 aromatic heterocycles. The zero-order valence-electron chi connectivity index (χ0n) is 18.5. The molecule has 3 aromatic rings. The summed E-state index contributed by atoms with van der Waals surface area (Å²) in [7, 11) is 0. The maximum Gasteiger partial charge on any atom is 0.285 e. The summed E-state index contributed by atoms with van der Waals surface area (Å²) in [5, 5.41) is 21.0. The molecule has 0 bridgehead atoms. The Balaban J connectivity index is 1.51. The topological polar surface area (TPSA) is 122 Å². The Bertz CT molecular complexity index is 1180. The number of nitrogens with one attached hydrogen (secondary N) is 1. The zero-order chi connectivity index (χ0) is 23.0. The zero-order valence-corrected chi connectivity index (χ0v) is 19.2. The number of hydrogen-bond donors (Lipinski definition) is 2. The van der Waals surface area contributed by atoms with Gasteiger partial charge in [-0.1, -0.05) is 11.6 Å². The highest BCUT2D eigenvalue weighted by molar-refractivity contribution is 6.33. The number of nitrogens with zero attached hydrogens (tertiary/aromatic N) is 6. The van der Waals surface area contributed by atoms with Crippen LogP contribution in [0.1, 0.15) is 31.7 Å². The second kappa shape index (κ2) is 8.51. The highest BCUT2D eigenvalue weighted by Crippen LogP contribution is 2.30. The van der Waals surface area contributed by atoms with Crippen LogP contribution < -0.4 is 15.2 Å². The molecule has 0 amide bonds. The lowest BCUT2D eigenvalue weighted by atomic mass is 10.1. The van der Waals surface area contributed by atoms with Gasteiger partial charge in [0.1, 0.15) is 17.5 Å². The van der Waals surface area contributed by atoms with Gasteiger partial charge >= 0.3 is 0 Å². The smallest absolute Gasteiger partial charge is 0.285 e. The number of rotatable bonds is 6. The lowest BCUT2D eigenvalue weighted by Crippen LogP contribution is -2.27. The van der Waals surface area contributed by atoms with Gasteiger partial charge in [0, 0.05) is 30.3 Å². The summed E-state index contributed by atoms with van der Waals surface area (Å²) < 4.78 is 7.91. The Labute approximate surface area is 190 Å². The molecule has 170 valence electrons. The van der Waals surface area contributed by atoms with Crippen molar-refractivity contribution in [1.82, 2.24) is 29.9 Å². The molecule has 11 heteroatoms. The summed E-state index contributed by atoms with van der Waals surface area (Å²) in [6, 6.07) is 1.80. The summed E-state index contributed by atoms with van der Waals surface area (Å²) in [6.45, 7) is 9.00. The third kappa shape index (κ3) is 4.61. The van der Waals surface area contributed by atoms with Crippen LogP contribution in [0.15, 0.2) is 23.4 Å². The number of H-pyrrole nitrogens is 1. The van der Waals surface area contributed by atoms with Gasteiger partial charge in [-0.3, -0.25) is 9.48 Å². The van der Waals surface area contributed by atoms with E-state index in [2.05, 4.69) is 25.3 Å². The Morgan fingerprint density at radius 1 is 1.34 bits per heavy atom. The molecule has 1 saturated heterocycles.